The van der Waals surface area contributed by atoms with E-state index in [1.807, 2.05) is 19.4 Å². The summed E-state index contributed by atoms with van der Waals surface area (Å²) >= 11 is 0. The standard InChI is InChI=1S/C15H25N3O2/c1-3-8-17-15(14(19)20-4-2)7-5-6-13(11-15)18-10-9-16-12-18/h9-10,12-13,17H,3-8,11H2,1-2H3. The molecule has 1 saturated carbocycles. The maximum atomic E-state index is 12.4. The molecule has 0 aromatic carbocycles. The summed E-state index contributed by atoms with van der Waals surface area (Å²) in [7, 11) is 0. The largest absolute Gasteiger partial charge is 0.465 e. The van der Waals surface area contributed by atoms with Crippen molar-refractivity contribution >= 4 is 5.97 Å². The lowest BCUT2D eigenvalue weighted by Gasteiger charge is -2.40. The molecule has 0 saturated heterocycles. The van der Waals surface area contributed by atoms with Gasteiger partial charge >= 0.3 is 5.97 Å². The molecule has 0 aliphatic heterocycles. The number of nitrogens with zero attached hydrogens (tertiary/aromatic N) is 2. The molecule has 112 valence electrons. The van der Waals surface area contributed by atoms with Gasteiger partial charge in [0.15, 0.2) is 0 Å². The number of aromatic nitrogens is 2. The van der Waals surface area contributed by atoms with E-state index in [1.165, 1.54) is 0 Å². The minimum Gasteiger partial charge on any atom is -0.465 e. The van der Waals surface area contributed by atoms with Gasteiger partial charge in [-0.3, -0.25) is 4.79 Å². The fourth-order valence-electron chi connectivity index (χ4n) is 3.04. The molecule has 0 radical (unpaired) electrons. The van der Waals surface area contributed by atoms with E-state index in [0.717, 1.165) is 38.6 Å². The molecule has 1 aliphatic rings. The predicted molar refractivity (Wildman–Crippen MR) is 77.4 cm³/mol. The van der Waals surface area contributed by atoms with E-state index in [2.05, 4.69) is 21.8 Å². The number of carbonyl (C=O) groups is 1. The zero-order valence-electron chi connectivity index (χ0n) is 12.5. The number of hydrogen-bond acceptors (Lipinski definition) is 4. The van der Waals surface area contributed by atoms with Crippen molar-refractivity contribution in [2.75, 3.05) is 13.2 Å². The van der Waals surface area contributed by atoms with Crippen LogP contribution in [0.4, 0.5) is 0 Å². The molecule has 1 heterocycles. The van der Waals surface area contributed by atoms with Crippen LogP contribution in [-0.4, -0.2) is 34.2 Å². The van der Waals surface area contributed by atoms with Crippen molar-refractivity contribution in [2.24, 2.45) is 0 Å². The molecule has 1 aromatic rings. The van der Waals surface area contributed by atoms with Crippen molar-refractivity contribution < 1.29 is 9.53 Å². The highest BCUT2D eigenvalue weighted by Crippen LogP contribution is 2.36. The van der Waals surface area contributed by atoms with Gasteiger partial charge in [0.2, 0.25) is 0 Å². The Morgan fingerprint density at radius 3 is 3.05 bits per heavy atom. The van der Waals surface area contributed by atoms with Crippen LogP contribution in [0.1, 0.15) is 52.0 Å². The van der Waals surface area contributed by atoms with Crippen molar-refractivity contribution in [3.63, 3.8) is 0 Å². The molecule has 1 aliphatic carbocycles. The summed E-state index contributed by atoms with van der Waals surface area (Å²) in [5.74, 6) is -0.0988. The molecule has 0 bridgehead atoms. The quantitative estimate of drug-likeness (QED) is 0.812. The first kappa shape index (κ1) is 15.0. The molecule has 0 spiro atoms. The molecular formula is C15H25N3O2. The van der Waals surface area contributed by atoms with Crippen LogP contribution >= 0.6 is 0 Å². The van der Waals surface area contributed by atoms with Crippen LogP contribution in [0.5, 0.6) is 0 Å². The number of hydrogen-bond donors (Lipinski definition) is 1. The molecule has 5 nitrogen and oxygen atoms in total. The normalized spacial score (nSPS) is 26.4. The fraction of sp³-hybridized carbons (Fsp3) is 0.733. The number of rotatable bonds is 6. The van der Waals surface area contributed by atoms with Crippen LogP contribution in [-0.2, 0) is 9.53 Å². The van der Waals surface area contributed by atoms with E-state index >= 15 is 0 Å². The molecule has 1 aromatic heterocycles. The summed E-state index contributed by atoms with van der Waals surface area (Å²) < 4.78 is 7.43. The Kier molecular flexibility index (Phi) is 5.17. The summed E-state index contributed by atoms with van der Waals surface area (Å²) in [6, 6.07) is 0.319. The molecule has 1 N–H and O–H groups in total. The van der Waals surface area contributed by atoms with Gasteiger partial charge in [-0.1, -0.05) is 6.92 Å². The first-order chi connectivity index (χ1) is 9.72. The monoisotopic (exact) mass is 279 g/mol. The van der Waals surface area contributed by atoms with E-state index in [-0.39, 0.29) is 5.97 Å². The second-order valence-electron chi connectivity index (χ2n) is 5.49. The van der Waals surface area contributed by atoms with Gasteiger partial charge in [0.05, 0.1) is 12.9 Å². The Bertz CT molecular complexity index is 419. The van der Waals surface area contributed by atoms with Crippen LogP contribution in [0.2, 0.25) is 0 Å². The Hall–Kier alpha value is -1.36. The first-order valence-electron chi connectivity index (χ1n) is 7.61. The van der Waals surface area contributed by atoms with E-state index < -0.39 is 5.54 Å². The first-order valence-corrected chi connectivity index (χ1v) is 7.61. The maximum absolute atomic E-state index is 12.4. The summed E-state index contributed by atoms with van der Waals surface area (Å²) in [6.45, 7) is 5.25. The lowest BCUT2D eigenvalue weighted by Crippen LogP contribution is -2.56. The topological polar surface area (TPSA) is 56.1 Å². The van der Waals surface area contributed by atoms with Crippen LogP contribution in [0.25, 0.3) is 0 Å². The van der Waals surface area contributed by atoms with E-state index in [0.29, 0.717) is 12.6 Å². The average molecular weight is 279 g/mol. The van der Waals surface area contributed by atoms with E-state index in [9.17, 15) is 4.79 Å². The highest BCUT2D eigenvalue weighted by molar-refractivity contribution is 5.81. The van der Waals surface area contributed by atoms with E-state index in [4.69, 9.17) is 4.74 Å². The number of esters is 1. The molecule has 1 fully saturated rings. The van der Waals surface area contributed by atoms with Crippen LogP contribution < -0.4 is 5.32 Å². The van der Waals surface area contributed by atoms with Crippen LogP contribution in [0.15, 0.2) is 18.7 Å². The number of imidazole rings is 1. The van der Waals surface area contributed by atoms with Crippen LogP contribution in [0.3, 0.4) is 0 Å². The smallest absolute Gasteiger partial charge is 0.326 e. The third-order valence-electron chi connectivity index (χ3n) is 4.05. The van der Waals surface area contributed by atoms with Crippen LogP contribution in [0, 0.1) is 0 Å². The lowest BCUT2D eigenvalue weighted by atomic mass is 9.78. The summed E-state index contributed by atoms with van der Waals surface area (Å²) in [4.78, 5) is 16.5. The minimum absolute atomic E-state index is 0.0988. The maximum Gasteiger partial charge on any atom is 0.326 e. The summed E-state index contributed by atoms with van der Waals surface area (Å²) in [5.41, 5.74) is -0.529. The summed E-state index contributed by atoms with van der Waals surface area (Å²) in [5, 5.41) is 3.45. The van der Waals surface area contributed by atoms with Gasteiger partial charge in [0.1, 0.15) is 5.54 Å². The third-order valence-corrected chi connectivity index (χ3v) is 4.05. The second kappa shape index (κ2) is 6.88. The molecule has 5 heteroatoms. The molecule has 0 amide bonds. The third kappa shape index (κ3) is 3.20. The van der Waals surface area contributed by atoms with Crippen molar-refractivity contribution in [3.05, 3.63) is 18.7 Å². The second-order valence-corrected chi connectivity index (χ2v) is 5.49. The zero-order valence-corrected chi connectivity index (χ0v) is 12.5. The average Bonchev–Trinajstić information content (AvgIpc) is 3.00. The number of carbonyl (C=O) groups excluding carboxylic acids is 1. The van der Waals surface area contributed by atoms with Crippen molar-refractivity contribution in [1.29, 1.82) is 0 Å². The molecule has 2 unspecified atom stereocenters. The fourth-order valence-corrected chi connectivity index (χ4v) is 3.04. The van der Waals surface area contributed by atoms with Crippen molar-refractivity contribution in [1.82, 2.24) is 14.9 Å². The minimum atomic E-state index is -0.529. The predicted octanol–water partition coefficient (Wildman–Crippen LogP) is 2.30. The van der Waals surface area contributed by atoms with Gasteiger partial charge in [-0.05, 0) is 45.6 Å². The molecular weight excluding hydrogens is 254 g/mol. The van der Waals surface area contributed by atoms with Gasteiger partial charge in [-0.2, -0.15) is 0 Å². The Morgan fingerprint density at radius 2 is 2.40 bits per heavy atom. The Balaban J connectivity index is 2.15. The molecule has 20 heavy (non-hydrogen) atoms. The van der Waals surface area contributed by atoms with E-state index in [1.54, 1.807) is 6.20 Å². The Morgan fingerprint density at radius 1 is 1.55 bits per heavy atom. The highest BCUT2D eigenvalue weighted by Gasteiger charge is 2.43. The van der Waals surface area contributed by atoms with Gasteiger partial charge in [0.25, 0.3) is 0 Å². The van der Waals surface area contributed by atoms with Gasteiger partial charge in [-0.15, -0.1) is 0 Å². The van der Waals surface area contributed by atoms with Gasteiger partial charge in [-0.25, -0.2) is 4.98 Å². The summed E-state index contributed by atoms with van der Waals surface area (Å²) in [6.07, 6.45) is 10.4. The Labute approximate surface area is 120 Å². The lowest BCUT2D eigenvalue weighted by molar-refractivity contribution is -0.153. The van der Waals surface area contributed by atoms with Gasteiger partial charge < -0.3 is 14.6 Å². The van der Waals surface area contributed by atoms with Crippen molar-refractivity contribution in [3.8, 4) is 0 Å². The zero-order chi connectivity index (χ0) is 14.4. The highest BCUT2D eigenvalue weighted by atomic mass is 16.5. The molecule has 2 rings (SSSR count). The van der Waals surface area contributed by atoms with Crippen molar-refractivity contribution in [2.45, 2.75) is 57.5 Å². The number of nitrogens with one attached hydrogen (secondary N) is 1. The molecule has 2 atom stereocenters. The SMILES string of the molecule is CCCNC1(C(=O)OCC)CCCC(n2ccnc2)C1. The van der Waals surface area contributed by atoms with Gasteiger partial charge in [0, 0.05) is 18.4 Å². The number of ether oxygens (including phenoxy) is 1.